The quantitative estimate of drug-likeness (QED) is 0.875. The van der Waals surface area contributed by atoms with Crippen LogP contribution >= 0.6 is 0 Å². The van der Waals surface area contributed by atoms with Crippen molar-refractivity contribution in [3.05, 3.63) is 42.5 Å². The van der Waals surface area contributed by atoms with Crippen molar-refractivity contribution in [1.29, 1.82) is 0 Å². The Morgan fingerprint density at radius 3 is 2.53 bits per heavy atom. The van der Waals surface area contributed by atoms with Crippen LogP contribution in [-0.4, -0.2) is 8.76 Å². The minimum absolute atomic E-state index is 0.329. The van der Waals surface area contributed by atoms with Crippen molar-refractivity contribution in [2.45, 2.75) is 0 Å². The van der Waals surface area contributed by atoms with Crippen LogP contribution in [0.15, 0.2) is 42.5 Å². The molecular weight excluding hydrogens is 232 g/mol. The second-order valence-corrected chi connectivity index (χ2v) is 5.27. The molecule has 0 heterocycles. The smallest absolute Gasteiger partial charge is 0.311 e. The highest BCUT2D eigenvalue weighted by molar-refractivity contribution is 8.27. The molecule has 2 aromatic rings. The Morgan fingerprint density at radius 1 is 1.13 bits per heavy atom. The molecular formula is C10H8O3S2. The van der Waals surface area contributed by atoms with Gasteiger partial charge in [0.25, 0.3) is 0 Å². The van der Waals surface area contributed by atoms with Gasteiger partial charge in [0.15, 0.2) is 5.75 Å². The van der Waals surface area contributed by atoms with Gasteiger partial charge in [0, 0.05) is 5.39 Å². The van der Waals surface area contributed by atoms with E-state index in [2.05, 4.69) is 11.2 Å². The van der Waals surface area contributed by atoms with Crippen LogP contribution in [0.5, 0.6) is 5.75 Å². The normalized spacial score (nSPS) is 14.7. The lowest BCUT2D eigenvalue weighted by Gasteiger charge is -2.06. The van der Waals surface area contributed by atoms with E-state index in [9.17, 15) is 4.21 Å². The third-order valence-electron chi connectivity index (χ3n) is 1.94. The van der Waals surface area contributed by atoms with Crippen molar-refractivity contribution in [3.8, 4) is 5.75 Å². The van der Waals surface area contributed by atoms with Crippen molar-refractivity contribution in [2.75, 3.05) is 0 Å². The number of hydrogen-bond acceptors (Lipinski definition) is 3. The topological polar surface area (TPSA) is 46.5 Å². The van der Waals surface area contributed by atoms with Crippen molar-refractivity contribution in [3.63, 3.8) is 0 Å². The van der Waals surface area contributed by atoms with Crippen LogP contribution in [0.3, 0.4) is 0 Å². The van der Waals surface area contributed by atoms with Gasteiger partial charge in [-0.2, -0.15) is 4.21 Å². The molecule has 0 amide bonds. The van der Waals surface area contributed by atoms with Crippen LogP contribution in [0.1, 0.15) is 0 Å². The zero-order chi connectivity index (χ0) is 10.9. The van der Waals surface area contributed by atoms with Crippen LogP contribution in [0.25, 0.3) is 10.8 Å². The van der Waals surface area contributed by atoms with Crippen LogP contribution in [0, 0.1) is 0 Å². The molecule has 1 atom stereocenters. The molecule has 78 valence electrons. The van der Waals surface area contributed by atoms with Crippen molar-refractivity contribution < 1.29 is 12.9 Å². The lowest BCUT2D eigenvalue weighted by molar-refractivity contribution is 0.457. The van der Waals surface area contributed by atoms with Gasteiger partial charge in [0.1, 0.15) is 0 Å². The molecule has 0 spiro atoms. The molecule has 0 aliphatic rings. The highest BCUT2D eigenvalue weighted by Gasteiger charge is 2.06. The van der Waals surface area contributed by atoms with Gasteiger partial charge in [0.05, 0.1) is 11.2 Å². The fourth-order valence-electron chi connectivity index (χ4n) is 1.38. The Labute approximate surface area is 92.4 Å². The third-order valence-corrected chi connectivity index (χ3v) is 2.54. The minimum atomic E-state index is -3.64. The van der Waals surface area contributed by atoms with E-state index in [0.717, 1.165) is 10.8 Å². The molecule has 0 fully saturated rings. The average molecular weight is 240 g/mol. The standard InChI is InChI=1S/C10H8O3S2/c11-15(12,14)13-10-7-3-5-8-4-1-2-6-9(8)10/h1-7H,(H,11,12,14). The predicted molar refractivity (Wildman–Crippen MR) is 62.7 cm³/mol. The van der Waals surface area contributed by atoms with E-state index >= 15 is 0 Å². The maximum Gasteiger partial charge on any atom is 0.311 e. The van der Waals surface area contributed by atoms with E-state index in [0.29, 0.717) is 5.75 Å². The van der Waals surface area contributed by atoms with E-state index in [1.54, 1.807) is 12.1 Å². The van der Waals surface area contributed by atoms with Crippen LogP contribution in [0.2, 0.25) is 0 Å². The van der Waals surface area contributed by atoms with E-state index in [4.69, 9.17) is 8.74 Å². The van der Waals surface area contributed by atoms with E-state index in [1.807, 2.05) is 30.3 Å². The van der Waals surface area contributed by atoms with E-state index in [1.165, 1.54) is 0 Å². The molecule has 3 nitrogen and oxygen atoms in total. The molecule has 5 heteroatoms. The molecule has 0 saturated heterocycles. The Balaban J connectivity index is 2.61. The van der Waals surface area contributed by atoms with Gasteiger partial charge in [-0.3, -0.25) is 4.55 Å². The lowest BCUT2D eigenvalue weighted by Crippen LogP contribution is -2.05. The van der Waals surface area contributed by atoms with Crippen molar-refractivity contribution >= 4 is 31.0 Å². The Morgan fingerprint density at radius 2 is 1.80 bits per heavy atom. The summed E-state index contributed by atoms with van der Waals surface area (Å²) in [6, 6.07) is 12.7. The zero-order valence-corrected chi connectivity index (χ0v) is 9.25. The lowest BCUT2D eigenvalue weighted by atomic mass is 10.1. The molecule has 0 saturated carbocycles. The van der Waals surface area contributed by atoms with Crippen LogP contribution in [0.4, 0.5) is 0 Å². The number of benzene rings is 2. The summed E-state index contributed by atoms with van der Waals surface area (Å²) in [6.45, 7) is 0. The first-order valence-electron chi connectivity index (χ1n) is 4.21. The molecule has 0 radical (unpaired) electrons. The average Bonchev–Trinajstić information content (AvgIpc) is 2.16. The molecule has 0 aromatic heterocycles. The van der Waals surface area contributed by atoms with Gasteiger partial charge in [-0.05, 0) is 11.5 Å². The summed E-state index contributed by atoms with van der Waals surface area (Å²) in [5, 5.41) is 1.71. The first-order chi connectivity index (χ1) is 7.06. The molecule has 15 heavy (non-hydrogen) atoms. The summed E-state index contributed by atoms with van der Waals surface area (Å²) < 4.78 is 24.7. The van der Waals surface area contributed by atoms with Gasteiger partial charge in [-0.15, -0.1) is 0 Å². The monoisotopic (exact) mass is 240 g/mol. The maximum atomic E-state index is 10.9. The maximum absolute atomic E-state index is 10.9. The number of fused-ring (bicyclic) bond motifs is 1. The largest absolute Gasteiger partial charge is 0.381 e. The van der Waals surface area contributed by atoms with Gasteiger partial charge < -0.3 is 4.18 Å². The zero-order valence-electron chi connectivity index (χ0n) is 7.62. The molecule has 0 aliphatic carbocycles. The summed E-state index contributed by atoms with van der Waals surface area (Å²) in [7, 11) is -3.64. The SMILES string of the molecule is O=S(O)(=S)Oc1cccc2ccccc12. The third kappa shape index (κ3) is 2.44. The van der Waals surface area contributed by atoms with E-state index in [-0.39, 0.29) is 0 Å². The fraction of sp³-hybridized carbons (Fsp3) is 0. The summed E-state index contributed by atoms with van der Waals surface area (Å²) in [5.74, 6) is 0.329. The first kappa shape index (κ1) is 10.4. The van der Waals surface area contributed by atoms with E-state index < -0.39 is 9.05 Å². The second-order valence-electron chi connectivity index (χ2n) is 2.99. The first-order valence-corrected chi connectivity index (χ1v) is 6.57. The Kier molecular flexibility index (Phi) is 2.60. The van der Waals surface area contributed by atoms with Crippen LogP contribution in [-0.2, 0) is 20.2 Å². The summed E-state index contributed by atoms with van der Waals surface area (Å²) >= 11 is 4.29. The summed E-state index contributed by atoms with van der Waals surface area (Å²) in [6.07, 6.45) is 0. The Hall–Kier alpha value is -1.17. The molecule has 0 bridgehead atoms. The summed E-state index contributed by atoms with van der Waals surface area (Å²) in [5.41, 5.74) is 0. The second kappa shape index (κ2) is 3.77. The van der Waals surface area contributed by atoms with Crippen molar-refractivity contribution in [1.82, 2.24) is 0 Å². The predicted octanol–water partition coefficient (Wildman–Crippen LogP) is 2.35. The number of hydrogen-bond donors (Lipinski definition) is 1. The van der Waals surface area contributed by atoms with Gasteiger partial charge in [-0.25, -0.2) is 0 Å². The Bertz CT molecular complexity index is 585. The van der Waals surface area contributed by atoms with Gasteiger partial charge >= 0.3 is 9.05 Å². The number of rotatable bonds is 2. The fourth-order valence-corrected chi connectivity index (χ4v) is 1.97. The molecule has 1 N–H and O–H groups in total. The van der Waals surface area contributed by atoms with Gasteiger partial charge in [-0.1, -0.05) is 36.4 Å². The minimum Gasteiger partial charge on any atom is -0.381 e. The molecule has 2 rings (SSSR count). The highest BCUT2D eigenvalue weighted by atomic mass is 32.9. The van der Waals surface area contributed by atoms with Gasteiger partial charge in [0.2, 0.25) is 0 Å². The highest BCUT2D eigenvalue weighted by Crippen LogP contribution is 2.25. The molecule has 2 aromatic carbocycles. The molecule has 0 aliphatic heterocycles. The van der Waals surface area contributed by atoms with Crippen LogP contribution < -0.4 is 4.18 Å². The van der Waals surface area contributed by atoms with Crippen molar-refractivity contribution in [2.24, 2.45) is 0 Å². The summed E-state index contributed by atoms with van der Waals surface area (Å²) in [4.78, 5) is 0. The molecule has 1 unspecified atom stereocenters.